The third-order valence-electron chi connectivity index (χ3n) is 3.70. The van der Waals surface area contributed by atoms with E-state index in [1.807, 2.05) is 13.8 Å². The third-order valence-corrected chi connectivity index (χ3v) is 3.70. The molecule has 0 aromatic carbocycles. The van der Waals surface area contributed by atoms with Gasteiger partial charge in [-0.3, -0.25) is 0 Å². The molecule has 0 amide bonds. The monoisotopic (exact) mass is 270 g/mol. The van der Waals surface area contributed by atoms with Gasteiger partial charge in [0.1, 0.15) is 6.10 Å². The van der Waals surface area contributed by atoms with Crippen molar-refractivity contribution in [3.8, 4) is 0 Å². The van der Waals surface area contributed by atoms with E-state index in [0.717, 1.165) is 19.1 Å². The summed E-state index contributed by atoms with van der Waals surface area (Å²) in [4.78, 5) is 10.9. The van der Waals surface area contributed by atoms with Crippen molar-refractivity contribution in [3.05, 3.63) is 0 Å². The Morgan fingerprint density at radius 3 is 2.11 bits per heavy atom. The van der Waals surface area contributed by atoms with E-state index in [-0.39, 0.29) is 12.2 Å². The smallest absolute Gasteiger partial charge is 0.164 e. The minimum atomic E-state index is -0.601. The summed E-state index contributed by atoms with van der Waals surface area (Å²) in [7, 11) is 0. The second kappa shape index (κ2) is 8.70. The zero-order valence-corrected chi connectivity index (χ0v) is 12.8. The molecule has 2 atom stereocenters. The first-order chi connectivity index (χ1) is 9.09. The maximum atomic E-state index is 10.9. The molecule has 0 bridgehead atoms. The molecule has 0 spiro atoms. The molecule has 1 aliphatic rings. The largest absolute Gasteiger partial charge is 0.344 e. The van der Waals surface area contributed by atoms with Crippen LogP contribution in [0.15, 0.2) is 0 Å². The molecule has 1 rings (SSSR count). The van der Waals surface area contributed by atoms with Crippen LogP contribution in [-0.2, 0) is 14.3 Å². The molecule has 3 heteroatoms. The highest BCUT2D eigenvalue weighted by Crippen LogP contribution is 2.30. The van der Waals surface area contributed by atoms with E-state index >= 15 is 0 Å². The van der Waals surface area contributed by atoms with E-state index in [9.17, 15) is 4.79 Å². The Morgan fingerprint density at radius 2 is 1.53 bits per heavy atom. The lowest BCUT2D eigenvalue weighted by Gasteiger charge is -2.16. The van der Waals surface area contributed by atoms with Crippen LogP contribution < -0.4 is 0 Å². The molecular weight excluding hydrogens is 240 g/mol. The maximum absolute atomic E-state index is 10.9. The molecule has 1 aliphatic heterocycles. The number of rotatable bonds is 10. The lowest BCUT2D eigenvalue weighted by Crippen LogP contribution is -2.23. The fraction of sp³-hybridized carbons (Fsp3) is 0.938. The van der Waals surface area contributed by atoms with Crippen LogP contribution in [0.1, 0.15) is 78.6 Å². The van der Waals surface area contributed by atoms with E-state index in [1.54, 1.807) is 0 Å². The van der Waals surface area contributed by atoms with E-state index < -0.39 is 5.79 Å². The van der Waals surface area contributed by atoms with Crippen LogP contribution in [0.3, 0.4) is 0 Å². The van der Waals surface area contributed by atoms with Crippen molar-refractivity contribution in [2.45, 2.75) is 96.6 Å². The minimum Gasteiger partial charge on any atom is -0.344 e. The molecule has 112 valence electrons. The van der Waals surface area contributed by atoms with E-state index in [0.29, 0.717) is 0 Å². The Bertz CT molecular complexity index is 250. The molecule has 0 aliphatic carbocycles. The van der Waals surface area contributed by atoms with Crippen LogP contribution in [0.2, 0.25) is 0 Å². The van der Waals surface area contributed by atoms with Gasteiger partial charge >= 0.3 is 0 Å². The average Bonchev–Trinajstić information content (AvgIpc) is 2.67. The normalized spacial score (nSPS) is 25.6. The molecule has 3 nitrogen and oxygen atoms in total. The topological polar surface area (TPSA) is 35.5 Å². The Kier molecular flexibility index (Phi) is 7.62. The van der Waals surface area contributed by atoms with Gasteiger partial charge < -0.3 is 14.3 Å². The van der Waals surface area contributed by atoms with Crippen LogP contribution >= 0.6 is 0 Å². The summed E-state index contributed by atoms with van der Waals surface area (Å²) in [5.41, 5.74) is 0. The summed E-state index contributed by atoms with van der Waals surface area (Å²) in [6, 6.07) is 0. The van der Waals surface area contributed by atoms with Gasteiger partial charge in [-0.1, -0.05) is 58.3 Å². The second-order valence-corrected chi connectivity index (χ2v) is 6.04. The van der Waals surface area contributed by atoms with Gasteiger partial charge in [0, 0.05) is 0 Å². The first-order valence-corrected chi connectivity index (χ1v) is 7.90. The Morgan fingerprint density at radius 1 is 0.947 bits per heavy atom. The highest BCUT2D eigenvalue weighted by Gasteiger charge is 2.40. The van der Waals surface area contributed by atoms with E-state index in [2.05, 4.69) is 6.92 Å². The zero-order valence-electron chi connectivity index (χ0n) is 12.8. The molecule has 0 aromatic heterocycles. The first kappa shape index (κ1) is 16.6. The number of carbonyl (C=O) groups is 1. The predicted molar refractivity (Wildman–Crippen MR) is 77.1 cm³/mol. The lowest BCUT2D eigenvalue weighted by molar-refractivity contribution is -0.150. The van der Waals surface area contributed by atoms with Crippen molar-refractivity contribution in [2.75, 3.05) is 0 Å². The van der Waals surface area contributed by atoms with Gasteiger partial charge in [-0.2, -0.15) is 0 Å². The summed E-state index contributed by atoms with van der Waals surface area (Å²) < 4.78 is 11.3. The van der Waals surface area contributed by atoms with Crippen LogP contribution in [0, 0.1) is 0 Å². The Labute approximate surface area is 118 Å². The fourth-order valence-electron chi connectivity index (χ4n) is 2.68. The molecule has 0 aromatic rings. The van der Waals surface area contributed by atoms with Crippen molar-refractivity contribution < 1.29 is 14.3 Å². The van der Waals surface area contributed by atoms with Crippen molar-refractivity contribution in [1.82, 2.24) is 0 Å². The molecule has 0 unspecified atom stereocenters. The quantitative estimate of drug-likeness (QED) is 0.440. The van der Waals surface area contributed by atoms with Gasteiger partial charge in [0.25, 0.3) is 0 Å². The van der Waals surface area contributed by atoms with Gasteiger partial charge in [-0.15, -0.1) is 0 Å². The molecule has 0 radical (unpaired) electrons. The Hall–Kier alpha value is -0.410. The zero-order chi connectivity index (χ0) is 14.1. The summed E-state index contributed by atoms with van der Waals surface area (Å²) in [5.74, 6) is -0.601. The number of unbranched alkanes of at least 4 members (excludes halogenated alkanes) is 7. The molecule has 19 heavy (non-hydrogen) atoms. The SMILES string of the molecule is CCCCCCCCCC[C@@H]1OC(C)(C)O[C@H]1C=O. The molecule has 1 fully saturated rings. The van der Waals surface area contributed by atoms with Crippen LogP contribution in [-0.4, -0.2) is 24.3 Å². The van der Waals surface area contributed by atoms with Gasteiger partial charge in [0.2, 0.25) is 0 Å². The van der Waals surface area contributed by atoms with E-state index in [1.165, 1.54) is 44.9 Å². The molecule has 1 saturated heterocycles. The first-order valence-electron chi connectivity index (χ1n) is 7.90. The van der Waals surface area contributed by atoms with Gasteiger partial charge in [-0.25, -0.2) is 0 Å². The van der Waals surface area contributed by atoms with Crippen LogP contribution in [0.25, 0.3) is 0 Å². The van der Waals surface area contributed by atoms with Crippen LogP contribution in [0.4, 0.5) is 0 Å². The number of aldehydes is 1. The number of carbonyl (C=O) groups excluding carboxylic acids is 1. The van der Waals surface area contributed by atoms with Gasteiger partial charge in [0.15, 0.2) is 12.1 Å². The molecule has 1 heterocycles. The summed E-state index contributed by atoms with van der Waals surface area (Å²) >= 11 is 0. The summed E-state index contributed by atoms with van der Waals surface area (Å²) in [6.07, 6.45) is 11.8. The average molecular weight is 270 g/mol. The highest BCUT2D eigenvalue weighted by molar-refractivity contribution is 5.57. The minimum absolute atomic E-state index is 0.0485. The lowest BCUT2D eigenvalue weighted by atomic mass is 10.0. The van der Waals surface area contributed by atoms with E-state index in [4.69, 9.17) is 9.47 Å². The summed E-state index contributed by atoms with van der Waals surface area (Å²) in [6.45, 7) is 5.99. The summed E-state index contributed by atoms with van der Waals surface area (Å²) in [5, 5.41) is 0. The van der Waals surface area contributed by atoms with Crippen molar-refractivity contribution in [2.24, 2.45) is 0 Å². The predicted octanol–water partition coefficient (Wildman–Crippen LogP) is 4.24. The highest BCUT2D eigenvalue weighted by atomic mass is 16.8. The van der Waals surface area contributed by atoms with Gasteiger partial charge in [-0.05, 0) is 20.3 Å². The third kappa shape index (κ3) is 6.53. The van der Waals surface area contributed by atoms with Gasteiger partial charge in [0.05, 0.1) is 6.10 Å². The molecule has 0 N–H and O–H groups in total. The molecule has 0 saturated carbocycles. The van der Waals surface area contributed by atoms with Crippen LogP contribution in [0.5, 0.6) is 0 Å². The number of hydrogen-bond acceptors (Lipinski definition) is 3. The fourth-order valence-corrected chi connectivity index (χ4v) is 2.68. The number of ether oxygens (including phenoxy) is 2. The maximum Gasteiger partial charge on any atom is 0.164 e. The Balaban J connectivity index is 2.04. The molecular formula is C16H30O3. The number of hydrogen-bond donors (Lipinski definition) is 0. The van der Waals surface area contributed by atoms with Crippen molar-refractivity contribution >= 4 is 6.29 Å². The van der Waals surface area contributed by atoms with Crippen molar-refractivity contribution in [3.63, 3.8) is 0 Å². The standard InChI is InChI=1S/C16H30O3/c1-4-5-6-7-8-9-10-11-12-14-15(13-17)19-16(2,3)18-14/h13-15H,4-12H2,1-3H3/t14-,15-/m0/s1. The second-order valence-electron chi connectivity index (χ2n) is 6.04. The van der Waals surface area contributed by atoms with Crippen molar-refractivity contribution in [1.29, 1.82) is 0 Å².